The lowest BCUT2D eigenvalue weighted by Gasteiger charge is -2.35. The summed E-state index contributed by atoms with van der Waals surface area (Å²) in [5.41, 5.74) is 3.07. The van der Waals surface area contributed by atoms with Crippen LogP contribution < -0.4 is 9.47 Å². The van der Waals surface area contributed by atoms with E-state index in [9.17, 15) is 14.4 Å². The Morgan fingerprint density at radius 1 is 0.886 bits per heavy atom. The maximum absolute atomic E-state index is 12.7. The molecule has 0 unspecified atom stereocenters. The molecule has 1 amide bonds. The molecule has 2 aliphatic rings. The van der Waals surface area contributed by atoms with Crippen LogP contribution in [0.4, 0.5) is 0 Å². The zero-order chi connectivity index (χ0) is 29.5. The number of hydrogen-bond donors (Lipinski definition) is 1. The maximum Gasteiger partial charge on any atom is 0.338 e. The fraction of sp³-hybridized carbons (Fsp3) is 0.452. The molecule has 0 aliphatic carbocycles. The predicted molar refractivity (Wildman–Crippen MR) is 170 cm³/mol. The van der Waals surface area contributed by atoms with Crippen LogP contribution in [-0.4, -0.2) is 117 Å². The molecule has 1 aromatic heterocycles. The Labute approximate surface area is 269 Å². The minimum absolute atomic E-state index is 0. The molecule has 13 heteroatoms. The third-order valence-electron chi connectivity index (χ3n) is 7.80. The Bertz CT molecular complexity index is 1400. The van der Waals surface area contributed by atoms with Gasteiger partial charge in [0.1, 0.15) is 18.1 Å². The van der Waals surface area contributed by atoms with Crippen molar-refractivity contribution in [1.29, 1.82) is 0 Å². The van der Waals surface area contributed by atoms with E-state index in [0.717, 1.165) is 48.3 Å². The second-order valence-electron chi connectivity index (χ2n) is 10.6. The number of aromatic nitrogens is 1. The van der Waals surface area contributed by atoms with Gasteiger partial charge in [-0.1, -0.05) is 0 Å². The van der Waals surface area contributed by atoms with Gasteiger partial charge < -0.3 is 28.8 Å². The van der Waals surface area contributed by atoms with Crippen molar-refractivity contribution in [2.24, 2.45) is 0 Å². The summed E-state index contributed by atoms with van der Waals surface area (Å²) in [5.74, 6) is 0.408. The molecule has 240 valence electrons. The number of morpholine rings is 1. The predicted octanol–water partition coefficient (Wildman–Crippen LogP) is 3.11. The van der Waals surface area contributed by atoms with E-state index in [1.807, 2.05) is 30.0 Å². The van der Waals surface area contributed by atoms with E-state index in [4.69, 9.17) is 18.9 Å². The van der Waals surface area contributed by atoms with Gasteiger partial charge in [0.25, 0.3) is 0 Å². The number of fused-ring (bicyclic) bond motifs is 1. The number of rotatable bonds is 10. The largest absolute Gasteiger partial charge is 0.497 e. The van der Waals surface area contributed by atoms with E-state index in [2.05, 4.69) is 14.8 Å². The van der Waals surface area contributed by atoms with Gasteiger partial charge >= 0.3 is 11.9 Å². The lowest BCUT2D eigenvalue weighted by atomic mass is 10.1. The summed E-state index contributed by atoms with van der Waals surface area (Å²) in [6.07, 6.45) is 0.0984. The maximum atomic E-state index is 12.7. The number of piperazine rings is 1. The van der Waals surface area contributed by atoms with Crippen molar-refractivity contribution in [2.75, 3.05) is 79.3 Å². The lowest BCUT2D eigenvalue weighted by molar-refractivity contribution is -0.137. The summed E-state index contributed by atoms with van der Waals surface area (Å²) in [5, 5.41) is 0.919. The van der Waals surface area contributed by atoms with Crippen LogP contribution in [0.2, 0.25) is 0 Å². The number of nitrogens with zero attached hydrogens (tertiary/aromatic N) is 3. The van der Waals surface area contributed by atoms with Crippen LogP contribution in [0.15, 0.2) is 42.5 Å². The topological polar surface area (TPSA) is 114 Å². The number of H-pyrrole nitrogens is 1. The number of aryl methyl sites for hydroxylation is 1. The molecule has 44 heavy (non-hydrogen) atoms. The summed E-state index contributed by atoms with van der Waals surface area (Å²) >= 11 is 0. The smallest absolute Gasteiger partial charge is 0.338 e. The molecule has 0 spiro atoms. The summed E-state index contributed by atoms with van der Waals surface area (Å²) in [6, 6.07) is 12.1. The molecule has 5 rings (SSSR count). The van der Waals surface area contributed by atoms with Crippen molar-refractivity contribution in [3.05, 3.63) is 59.3 Å². The third-order valence-corrected chi connectivity index (χ3v) is 7.80. The number of amides is 1. The molecule has 1 N–H and O–H groups in total. The third kappa shape index (κ3) is 9.09. The van der Waals surface area contributed by atoms with E-state index < -0.39 is 11.9 Å². The first-order valence-corrected chi connectivity index (χ1v) is 14.3. The van der Waals surface area contributed by atoms with Gasteiger partial charge in [-0.15, -0.1) is 24.8 Å². The fourth-order valence-electron chi connectivity index (χ4n) is 5.31. The van der Waals surface area contributed by atoms with Crippen LogP contribution in [0.3, 0.4) is 0 Å². The Balaban J connectivity index is 0.00000264. The average molecular weight is 652 g/mol. The molecule has 0 bridgehead atoms. The van der Waals surface area contributed by atoms with Crippen LogP contribution in [-0.2, 0) is 25.5 Å². The number of halogens is 2. The molecule has 2 aliphatic heterocycles. The number of nitrogens with one attached hydrogen (secondary N) is 1. The number of hydrogen-bond acceptors (Lipinski definition) is 9. The molecule has 0 saturated carbocycles. The minimum Gasteiger partial charge on any atom is -0.497 e. The van der Waals surface area contributed by atoms with Crippen molar-refractivity contribution >= 4 is 53.6 Å². The van der Waals surface area contributed by atoms with Crippen LogP contribution in [0, 0.1) is 6.92 Å². The quantitative estimate of drug-likeness (QED) is 0.261. The number of ether oxygens (including phenoxy) is 4. The van der Waals surface area contributed by atoms with Crippen LogP contribution in [0.1, 0.15) is 21.6 Å². The second-order valence-corrected chi connectivity index (χ2v) is 10.6. The van der Waals surface area contributed by atoms with Gasteiger partial charge in [0.15, 0.2) is 0 Å². The molecular formula is C31H40Cl2N4O7. The highest BCUT2D eigenvalue weighted by Gasteiger charge is 2.23. The standard InChI is InChI=1S/C31H38N4O7.2ClH/c1-22-26(27-19-25(39-2)7-8-28(27)32-22)20-30(37)42-24-5-3-23(4-6-24)31(38)41-18-13-33-9-11-34(12-10-33)21-29(36)35-14-16-40-17-15-35;;/h3-8,19,32H,9-18,20-21H2,1-2H3;2*1H. The highest BCUT2D eigenvalue weighted by atomic mass is 35.5. The van der Waals surface area contributed by atoms with Gasteiger partial charge in [-0.3, -0.25) is 19.4 Å². The molecule has 11 nitrogen and oxygen atoms in total. The van der Waals surface area contributed by atoms with Crippen LogP contribution in [0.5, 0.6) is 11.5 Å². The van der Waals surface area contributed by atoms with Gasteiger partial charge in [-0.05, 0) is 55.0 Å². The Hall–Kier alpha value is -3.35. The summed E-state index contributed by atoms with van der Waals surface area (Å²) in [6.45, 7) is 9.06. The number of aromatic amines is 1. The van der Waals surface area contributed by atoms with Crippen LogP contribution in [0.25, 0.3) is 10.9 Å². The summed E-state index contributed by atoms with van der Waals surface area (Å²) in [7, 11) is 1.61. The summed E-state index contributed by atoms with van der Waals surface area (Å²) < 4.78 is 21.7. The SMILES string of the molecule is COc1ccc2[nH]c(C)c(CC(=O)Oc3ccc(C(=O)OCCN4CCN(CC(=O)N5CCOCC5)CC4)cc3)c2c1.Cl.Cl. The summed E-state index contributed by atoms with van der Waals surface area (Å²) in [4.78, 5) is 47.3. The molecule has 3 heterocycles. The number of methoxy groups -OCH3 is 1. The molecule has 0 atom stereocenters. The van der Waals surface area contributed by atoms with Crippen LogP contribution >= 0.6 is 24.8 Å². The molecule has 2 aromatic carbocycles. The van der Waals surface area contributed by atoms with Gasteiger partial charge in [-0.2, -0.15) is 0 Å². The fourth-order valence-corrected chi connectivity index (χ4v) is 5.31. The van der Waals surface area contributed by atoms with Gasteiger partial charge in [-0.25, -0.2) is 4.79 Å². The molecule has 0 radical (unpaired) electrons. The minimum atomic E-state index is -0.425. The van der Waals surface area contributed by atoms with Crippen molar-refractivity contribution in [2.45, 2.75) is 13.3 Å². The van der Waals surface area contributed by atoms with E-state index >= 15 is 0 Å². The first kappa shape index (κ1) is 35.1. The molecule has 2 saturated heterocycles. The monoisotopic (exact) mass is 650 g/mol. The zero-order valence-electron chi connectivity index (χ0n) is 25.0. The van der Waals surface area contributed by atoms with Gasteiger partial charge in [0.2, 0.25) is 5.91 Å². The van der Waals surface area contributed by atoms with Gasteiger partial charge in [0, 0.05) is 62.4 Å². The number of esters is 2. The number of carbonyl (C=O) groups is 3. The Morgan fingerprint density at radius 3 is 2.23 bits per heavy atom. The Kier molecular flexibility index (Phi) is 13.3. The average Bonchev–Trinajstić information content (AvgIpc) is 3.32. The van der Waals surface area contributed by atoms with E-state index in [-0.39, 0.29) is 43.7 Å². The molecular weight excluding hydrogens is 611 g/mol. The van der Waals surface area contributed by atoms with Crippen molar-refractivity contribution < 1.29 is 33.3 Å². The number of carbonyl (C=O) groups excluding carboxylic acids is 3. The van der Waals surface area contributed by atoms with Gasteiger partial charge in [0.05, 0.1) is 38.9 Å². The highest BCUT2D eigenvalue weighted by molar-refractivity contribution is 5.91. The first-order chi connectivity index (χ1) is 20.4. The van der Waals surface area contributed by atoms with Crippen molar-refractivity contribution in [1.82, 2.24) is 19.7 Å². The van der Waals surface area contributed by atoms with Crippen molar-refractivity contribution in [3.63, 3.8) is 0 Å². The normalized spacial score (nSPS) is 15.6. The lowest BCUT2D eigenvalue weighted by Crippen LogP contribution is -2.52. The first-order valence-electron chi connectivity index (χ1n) is 14.3. The zero-order valence-corrected chi connectivity index (χ0v) is 26.7. The van der Waals surface area contributed by atoms with Crippen molar-refractivity contribution in [3.8, 4) is 11.5 Å². The highest BCUT2D eigenvalue weighted by Crippen LogP contribution is 2.27. The Morgan fingerprint density at radius 2 is 1.55 bits per heavy atom. The molecule has 3 aromatic rings. The molecule has 2 fully saturated rings. The number of benzene rings is 2. The van der Waals surface area contributed by atoms with E-state index in [1.54, 1.807) is 31.4 Å². The van der Waals surface area contributed by atoms with E-state index in [1.165, 1.54) is 0 Å². The second kappa shape index (κ2) is 16.6. The van der Waals surface area contributed by atoms with E-state index in [0.29, 0.717) is 56.5 Å².